The number of carbonyl (C=O) groups excluding carboxylic acids is 1. The van der Waals surface area contributed by atoms with Crippen LogP contribution in [0.25, 0.3) is 0 Å². The number of ether oxygens (including phenoxy) is 1. The number of nitrogens with two attached hydrogens (primary N) is 1. The molecule has 0 aromatic rings. The summed E-state index contributed by atoms with van der Waals surface area (Å²) in [5.74, 6) is 0.606. The Hall–Kier alpha value is -0.770. The van der Waals surface area contributed by atoms with E-state index < -0.39 is 5.60 Å². The monoisotopic (exact) mass is 240 g/mol. The molecule has 4 nitrogen and oxygen atoms in total. The molecule has 0 aromatic carbocycles. The van der Waals surface area contributed by atoms with Crippen LogP contribution in [0, 0.1) is 11.3 Å². The van der Waals surface area contributed by atoms with E-state index in [1.54, 1.807) is 0 Å². The molecule has 98 valence electrons. The molecule has 4 heteroatoms. The van der Waals surface area contributed by atoms with Gasteiger partial charge in [-0.3, -0.25) is 0 Å². The highest BCUT2D eigenvalue weighted by Gasteiger charge is 2.51. The largest absolute Gasteiger partial charge is 0.444 e. The first kappa shape index (κ1) is 12.7. The van der Waals surface area contributed by atoms with Crippen LogP contribution >= 0.6 is 0 Å². The highest BCUT2D eigenvalue weighted by Crippen LogP contribution is 2.52. The molecule has 2 aliphatic rings. The molecule has 2 unspecified atom stereocenters. The van der Waals surface area contributed by atoms with Crippen LogP contribution in [-0.2, 0) is 4.74 Å². The summed E-state index contributed by atoms with van der Waals surface area (Å²) >= 11 is 0. The van der Waals surface area contributed by atoms with Gasteiger partial charge in [0.05, 0.1) is 0 Å². The maximum atomic E-state index is 12.0. The van der Waals surface area contributed by atoms with Gasteiger partial charge in [-0.1, -0.05) is 0 Å². The summed E-state index contributed by atoms with van der Waals surface area (Å²) in [4.78, 5) is 13.8. The van der Waals surface area contributed by atoms with E-state index in [0.29, 0.717) is 11.3 Å². The molecule has 2 atom stereocenters. The van der Waals surface area contributed by atoms with Crippen molar-refractivity contribution in [1.29, 1.82) is 0 Å². The molecule has 1 saturated heterocycles. The first-order chi connectivity index (χ1) is 7.86. The molecule has 1 aliphatic heterocycles. The third-order valence-electron chi connectivity index (χ3n) is 4.18. The summed E-state index contributed by atoms with van der Waals surface area (Å²) in [6.07, 6.45) is 3.36. The number of carbonyl (C=O) groups is 1. The summed E-state index contributed by atoms with van der Waals surface area (Å²) < 4.78 is 5.41. The zero-order chi connectivity index (χ0) is 12.7. The molecule has 2 N–H and O–H groups in total. The Bertz CT molecular complexity index is 309. The Balaban J connectivity index is 1.92. The fraction of sp³-hybridized carbons (Fsp3) is 0.923. The van der Waals surface area contributed by atoms with Gasteiger partial charge in [0.1, 0.15) is 5.60 Å². The van der Waals surface area contributed by atoms with E-state index >= 15 is 0 Å². The predicted molar refractivity (Wildman–Crippen MR) is 66.6 cm³/mol. The number of nitrogens with zero attached hydrogens (tertiary/aromatic N) is 1. The minimum atomic E-state index is -0.403. The summed E-state index contributed by atoms with van der Waals surface area (Å²) in [5.41, 5.74) is 5.69. The first-order valence-corrected chi connectivity index (χ1v) is 6.54. The van der Waals surface area contributed by atoms with Gasteiger partial charge in [0.2, 0.25) is 0 Å². The SMILES string of the molecule is CC(C)(C)OC(=O)N1CCC2(CCC2CN)C1. The first-order valence-electron chi connectivity index (χ1n) is 6.54. The molecule has 2 rings (SSSR count). The van der Waals surface area contributed by atoms with Crippen LogP contribution in [0.5, 0.6) is 0 Å². The quantitative estimate of drug-likeness (QED) is 0.762. The van der Waals surface area contributed by atoms with Gasteiger partial charge in [-0.25, -0.2) is 4.79 Å². The Morgan fingerprint density at radius 3 is 2.65 bits per heavy atom. The van der Waals surface area contributed by atoms with Crippen molar-refractivity contribution < 1.29 is 9.53 Å². The van der Waals surface area contributed by atoms with E-state index in [0.717, 1.165) is 26.1 Å². The van der Waals surface area contributed by atoms with Crippen LogP contribution in [-0.4, -0.2) is 36.2 Å². The van der Waals surface area contributed by atoms with Crippen molar-refractivity contribution in [2.24, 2.45) is 17.1 Å². The molecule has 0 bridgehead atoms. The van der Waals surface area contributed by atoms with Crippen LogP contribution in [0.4, 0.5) is 4.79 Å². The van der Waals surface area contributed by atoms with Gasteiger partial charge in [-0.05, 0) is 57.9 Å². The molecule has 1 heterocycles. The van der Waals surface area contributed by atoms with Crippen LogP contribution in [0.1, 0.15) is 40.0 Å². The number of likely N-dealkylation sites (tertiary alicyclic amines) is 1. The van der Waals surface area contributed by atoms with E-state index in [9.17, 15) is 4.79 Å². The molecule has 17 heavy (non-hydrogen) atoms. The predicted octanol–water partition coefficient (Wildman–Crippen LogP) is 1.98. The number of rotatable bonds is 1. The van der Waals surface area contributed by atoms with Crippen LogP contribution in [0.2, 0.25) is 0 Å². The van der Waals surface area contributed by atoms with Crippen molar-refractivity contribution >= 4 is 6.09 Å². The number of hydrogen-bond acceptors (Lipinski definition) is 3. The molecule has 2 fully saturated rings. The van der Waals surface area contributed by atoms with Crippen molar-refractivity contribution in [3.8, 4) is 0 Å². The average molecular weight is 240 g/mol. The van der Waals surface area contributed by atoms with E-state index in [1.807, 2.05) is 25.7 Å². The Morgan fingerprint density at radius 2 is 2.18 bits per heavy atom. The van der Waals surface area contributed by atoms with Crippen molar-refractivity contribution in [2.75, 3.05) is 19.6 Å². The van der Waals surface area contributed by atoms with Crippen molar-refractivity contribution in [2.45, 2.75) is 45.6 Å². The lowest BCUT2D eigenvalue weighted by atomic mass is 9.59. The van der Waals surface area contributed by atoms with Gasteiger partial charge < -0.3 is 15.4 Å². The van der Waals surface area contributed by atoms with Gasteiger partial charge in [-0.2, -0.15) is 0 Å². The highest BCUT2D eigenvalue weighted by atomic mass is 16.6. The smallest absolute Gasteiger partial charge is 0.410 e. The van der Waals surface area contributed by atoms with Gasteiger partial charge in [0.15, 0.2) is 0 Å². The second-order valence-electron chi connectivity index (χ2n) is 6.49. The molecule has 1 amide bonds. The lowest BCUT2D eigenvalue weighted by Gasteiger charge is -2.46. The minimum Gasteiger partial charge on any atom is -0.444 e. The standard InChI is InChI=1S/C13H24N2O2/c1-12(2,3)17-11(16)15-7-6-13(9-15)5-4-10(13)8-14/h10H,4-9,14H2,1-3H3. The maximum absolute atomic E-state index is 12.0. The normalized spacial score (nSPS) is 32.7. The Morgan fingerprint density at radius 1 is 1.47 bits per heavy atom. The maximum Gasteiger partial charge on any atom is 0.410 e. The summed E-state index contributed by atoms with van der Waals surface area (Å²) in [5, 5.41) is 0. The van der Waals surface area contributed by atoms with Crippen molar-refractivity contribution in [3.05, 3.63) is 0 Å². The minimum absolute atomic E-state index is 0.169. The second kappa shape index (κ2) is 4.16. The molecule has 1 saturated carbocycles. The van der Waals surface area contributed by atoms with Crippen molar-refractivity contribution in [1.82, 2.24) is 4.90 Å². The van der Waals surface area contributed by atoms with Gasteiger partial charge in [-0.15, -0.1) is 0 Å². The number of amides is 1. The molecule has 0 aromatic heterocycles. The lowest BCUT2D eigenvalue weighted by Crippen LogP contribution is -2.47. The zero-order valence-electron chi connectivity index (χ0n) is 11.2. The molecule has 1 aliphatic carbocycles. The fourth-order valence-electron chi connectivity index (χ4n) is 3.04. The average Bonchev–Trinajstić information content (AvgIpc) is 2.60. The summed E-state index contributed by atoms with van der Waals surface area (Å²) in [6, 6.07) is 0. The third kappa shape index (κ3) is 2.41. The van der Waals surface area contributed by atoms with E-state index in [-0.39, 0.29) is 6.09 Å². The van der Waals surface area contributed by atoms with E-state index in [2.05, 4.69) is 0 Å². The molecule has 1 spiro atoms. The van der Waals surface area contributed by atoms with Gasteiger partial charge >= 0.3 is 6.09 Å². The van der Waals surface area contributed by atoms with Gasteiger partial charge in [0.25, 0.3) is 0 Å². The second-order valence-corrected chi connectivity index (χ2v) is 6.49. The summed E-state index contributed by atoms with van der Waals surface area (Å²) in [6.45, 7) is 8.13. The fourth-order valence-corrected chi connectivity index (χ4v) is 3.04. The lowest BCUT2D eigenvalue weighted by molar-refractivity contribution is 0.0139. The van der Waals surface area contributed by atoms with Crippen molar-refractivity contribution in [3.63, 3.8) is 0 Å². The van der Waals surface area contributed by atoms with Gasteiger partial charge in [0, 0.05) is 13.1 Å². The van der Waals surface area contributed by atoms with E-state index in [4.69, 9.17) is 10.5 Å². The Labute approximate surface area is 103 Å². The Kier molecular flexibility index (Phi) is 3.10. The zero-order valence-corrected chi connectivity index (χ0v) is 11.2. The van der Waals surface area contributed by atoms with Crippen LogP contribution in [0.15, 0.2) is 0 Å². The number of hydrogen-bond donors (Lipinski definition) is 1. The van der Waals surface area contributed by atoms with E-state index in [1.165, 1.54) is 12.8 Å². The topological polar surface area (TPSA) is 55.6 Å². The highest BCUT2D eigenvalue weighted by molar-refractivity contribution is 5.68. The molecular formula is C13H24N2O2. The summed E-state index contributed by atoms with van der Waals surface area (Å²) in [7, 11) is 0. The van der Waals surface area contributed by atoms with Crippen LogP contribution < -0.4 is 5.73 Å². The third-order valence-corrected chi connectivity index (χ3v) is 4.18. The molecular weight excluding hydrogens is 216 g/mol. The van der Waals surface area contributed by atoms with Crippen LogP contribution in [0.3, 0.4) is 0 Å². The molecule has 0 radical (unpaired) electrons.